The summed E-state index contributed by atoms with van der Waals surface area (Å²) in [5.74, 6) is 0. The van der Waals surface area contributed by atoms with Gasteiger partial charge in [-0.3, -0.25) is 4.90 Å². The largest absolute Gasteiger partial charge is 0.495 e. The zero-order valence-electron chi connectivity index (χ0n) is 14.8. The van der Waals surface area contributed by atoms with Crippen LogP contribution in [0, 0.1) is 0 Å². The topological polar surface area (TPSA) is 47.7 Å². The van der Waals surface area contributed by atoms with Gasteiger partial charge in [-0.1, -0.05) is 24.3 Å². The van der Waals surface area contributed by atoms with Gasteiger partial charge in [-0.15, -0.1) is 0 Å². The van der Waals surface area contributed by atoms with E-state index in [0.717, 1.165) is 37.9 Å². The third kappa shape index (κ3) is 3.48. The molecule has 0 bridgehead atoms. The molecule has 1 aromatic carbocycles. The van der Waals surface area contributed by atoms with Crippen LogP contribution in [0.3, 0.4) is 0 Å². The molecule has 2 aliphatic heterocycles. The zero-order valence-corrected chi connectivity index (χ0v) is 14.8. The second-order valence-corrected chi connectivity index (χ2v) is 7.90. The highest BCUT2D eigenvalue weighted by Crippen LogP contribution is 2.36. The van der Waals surface area contributed by atoms with E-state index in [1.54, 1.807) is 0 Å². The van der Waals surface area contributed by atoms with Gasteiger partial charge in [0.25, 0.3) is 0 Å². The Hall–Kier alpha value is -0.875. The molecular formula is C18H29BN2O2. The second kappa shape index (κ2) is 6.21. The number of piperidine rings is 1. The van der Waals surface area contributed by atoms with E-state index < -0.39 is 0 Å². The van der Waals surface area contributed by atoms with Crippen molar-refractivity contribution in [2.45, 2.75) is 64.3 Å². The van der Waals surface area contributed by atoms with Crippen LogP contribution in [0.4, 0.5) is 0 Å². The Balaban J connectivity index is 1.77. The summed E-state index contributed by atoms with van der Waals surface area (Å²) in [6.07, 6.45) is 2.16. The van der Waals surface area contributed by atoms with Crippen LogP contribution in [0.1, 0.15) is 46.1 Å². The second-order valence-electron chi connectivity index (χ2n) is 7.90. The molecule has 2 aliphatic rings. The predicted molar refractivity (Wildman–Crippen MR) is 94.6 cm³/mol. The van der Waals surface area contributed by atoms with E-state index in [1.165, 1.54) is 5.56 Å². The molecule has 0 atom stereocenters. The Bertz CT molecular complexity index is 538. The normalized spacial score (nSPS) is 25.0. The van der Waals surface area contributed by atoms with Gasteiger partial charge in [-0.2, -0.15) is 0 Å². The maximum atomic E-state index is 6.24. The van der Waals surface area contributed by atoms with Gasteiger partial charge in [0.15, 0.2) is 0 Å². The fraction of sp³-hybridized carbons (Fsp3) is 0.667. The van der Waals surface area contributed by atoms with Crippen LogP contribution in [-0.4, -0.2) is 42.4 Å². The molecule has 126 valence electrons. The lowest BCUT2D eigenvalue weighted by Gasteiger charge is -2.32. The molecule has 3 rings (SSSR count). The Morgan fingerprint density at radius 3 is 2.26 bits per heavy atom. The SMILES string of the molecule is CC1(C)OB(c2ccccc2CN2CCC(N)CC2)OC1(C)C. The van der Waals surface area contributed by atoms with Crippen LogP contribution in [0.2, 0.25) is 0 Å². The monoisotopic (exact) mass is 316 g/mol. The summed E-state index contributed by atoms with van der Waals surface area (Å²) in [4.78, 5) is 2.48. The molecule has 1 aromatic rings. The number of nitrogens with two attached hydrogens (primary N) is 1. The summed E-state index contributed by atoms with van der Waals surface area (Å²) in [5, 5.41) is 0. The lowest BCUT2D eigenvalue weighted by molar-refractivity contribution is 0.00578. The summed E-state index contributed by atoms with van der Waals surface area (Å²) >= 11 is 0. The third-order valence-corrected chi connectivity index (χ3v) is 5.59. The van der Waals surface area contributed by atoms with E-state index in [9.17, 15) is 0 Å². The first-order valence-corrected chi connectivity index (χ1v) is 8.70. The van der Waals surface area contributed by atoms with Gasteiger partial charge in [0.1, 0.15) is 0 Å². The van der Waals surface area contributed by atoms with E-state index in [-0.39, 0.29) is 18.3 Å². The quantitative estimate of drug-likeness (QED) is 0.866. The van der Waals surface area contributed by atoms with Crippen molar-refractivity contribution in [3.63, 3.8) is 0 Å². The number of hydrogen-bond acceptors (Lipinski definition) is 4. The molecule has 0 unspecified atom stereocenters. The summed E-state index contributed by atoms with van der Waals surface area (Å²) in [7, 11) is -0.289. The fourth-order valence-electron chi connectivity index (χ4n) is 3.23. The van der Waals surface area contributed by atoms with Gasteiger partial charge < -0.3 is 15.0 Å². The highest BCUT2D eigenvalue weighted by atomic mass is 16.7. The summed E-state index contributed by atoms with van der Waals surface area (Å²) in [6, 6.07) is 8.85. The highest BCUT2D eigenvalue weighted by molar-refractivity contribution is 6.62. The number of hydrogen-bond donors (Lipinski definition) is 1. The van der Waals surface area contributed by atoms with Gasteiger partial charge >= 0.3 is 7.12 Å². The Labute approximate surface area is 140 Å². The van der Waals surface area contributed by atoms with Crippen LogP contribution in [-0.2, 0) is 15.9 Å². The number of benzene rings is 1. The lowest BCUT2D eigenvalue weighted by atomic mass is 9.75. The van der Waals surface area contributed by atoms with Crippen molar-refractivity contribution < 1.29 is 9.31 Å². The van der Waals surface area contributed by atoms with Crippen LogP contribution < -0.4 is 11.2 Å². The number of nitrogens with zero attached hydrogens (tertiary/aromatic N) is 1. The van der Waals surface area contributed by atoms with Crippen molar-refractivity contribution in [1.29, 1.82) is 0 Å². The maximum Gasteiger partial charge on any atom is 0.495 e. The average Bonchev–Trinajstić information content (AvgIpc) is 2.70. The Morgan fingerprint density at radius 2 is 1.65 bits per heavy atom. The molecule has 4 nitrogen and oxygen atoms in total. The maximum absolute atomic E-state index is 6.24. The number of rotatable bonds is 3. The average molecular weight is 316 g/mol. The smallest absolute Gasteiger partial charge is 0.399 e. The van der Waals surface area contributed by atoms with Crippen molar-refractivity contribution in [2.75, 3.05) is 13.1 Å². The third-order valence-electron chi connectivity index (χ3n) is 5.59. The minimum atomic E-state index is -0.303. The molecule has 0 aromatic heterocycles. The molecule has 2 saturated heterocycles. The first-order chi connectivity index (χ1) is 10.8. The molecule has 5 heteroatoms. The molecule has 0 saturated carbocycles. The molecule has 0 radical (unpaired) electrons. The van der Waals surface area contributed by atoms with Crippen LogP contribution in [0.25, 0.3) is 0 Å². The molecule has 0 aliphatic carbocycles. The molecule has 2 N–H and O–H groups in total. The summed E-state index contributed by atoms with van der Waals surface area (Å²) < 4.78 is 12.5. The molecule has 2 heterocycles. The van der Waals surface area contributed by atoms with E-state index in [2.05, 4.69) is 56.9 Å². The zero-order chi connectivity index (χ0) is 16.7. The van der Waals surface area contributed by atoms with Crippen LogP contribution >= 0.6 is 0 Å². The number of likely N-dealkylation sites (tertiary alicyclic amines) is 1. The molecule has 23 heavy (non-hydrogen) atoms. The molecule has 0 amide bonds. The van der Waals surface area contributed by atoms with Crippen molar-refractivity contribution in [3.05, 3.63) is 29.8 Å². The van der Waals surface area contributed by atoms with Crippen molar-refractivity contribution in [1.82, 2.24) is 4.90 Å². The lowest BCUT2D eigenvalue weighted by Crippen LogP contribution is -2.42. The molecular weight excluding hydrogens is 287 g/mol. The van der Waals surface area contributed by atoms with Crippen LogP contribution in [0.5, 0.6) is 0 Å². The molecule has 2 fully saturated rings. The van der Waals surface area contributed by atoms with Gasteiger partial charge in [-0.05, 0) is 64.7 Å². The van der Waals surface area contributed by atoms with E-state index in [4.69, 9.17) is 15.0 Å². The first-order valence-electron chi connectivity index (χ1n) is 8.70. The van der Waals surface area contributed by atoms with Gasteiger partial charge in [-0.25, -0.2) is 0 Å². The Kier molecular flexibility index (Phi) is 4.58. The summed E-state index contributed by atoms with van der Waals surface area (Å²) in [6.45, 7) is 11.5. The molecule has 0 spiro atoms. The van der Waals surface area contributed by atoms with E-state index >= 15 is 0 Å². The van der Waals surface area contributed by atoms with Gasteiger partial charge in [0.2, 0.25) is 0 Å². The van der Waals surface area contributed by atoms with Gasteiger partial charge in [0, 0.05) is 12.6 Å². The van der Waals surface area contributed by atoms with E-state index in [1.807, 2.05) is 0 Å². The van der Waals surface area contributed by atoms with Crippen molar-refractivity contribution >= 4 is 12.6 Å². The minimum absolute atomic E-state index is 0.289. The van der Waals surface area contributed by atoms with Gasteiger partial charge in [0.05, 0.1) is 11.2 Å². The standard InChI is InChI=1S/C18H29BN2O2/c1-17(2)18(3,4)23-19(22-17)16-8-6-5-7-14(16)13-21-11-9-15(20)10-12-21/h5-8,15H,9-13,20H2,1-4H3. The fourth-order valence-corrected chi connectivity index (χ4v) is 3.23. The van der Waals surface area contributed by atoms with Crippen molar-refractivity contribution in [2.24, 2.45) is 5.73 Å². The Morgan fingerprint density at radius 1 is 1.09 bits per heavy atom. The predicted octanol–water partition coefficient (Wildman–Crippen LogP) is 1.91. The minimum Gasteiger partial charge on any atom is -0.399 e. The van der Waals surface area contributed by atoms with E-state index in [0.29, 0.717) is 6.04 Å². The highest BCUT2D eigenvalue weighted by Gasteiger charge is 2.52. The summed E-state index contributed by atoms with van der Waals surface area (Å²) in [5.41, 5.74) is 7.85. The van der Waals surface area contributed by atoms with Crippen LogP contribution in [0.15, 0.2) is 24.3 Å². The van der Waals surface area contributed by atoms with Crippen molar-refractivity contribution in [3.8, 4) is 0 Å². The first kappa shape index (κ1) is 17.0.